The van der Waals surface area contributed by atoms with Gasteiger partial charge >= 0.3 is 0 Å². The number of likely N-dealkylation sites (N-methyl/N-ethyl adjacent to an activating group) is 1. The zero-order valence-corrected chi connectivity index (χ0v) is 11.9. The van der Waals surface area contributed by atoms with E-state index >= 15 is 0 Å². The lowest BCUT2D eigenvalue weighted by atomic mass is 10.1. The summed E-state index contributed by atoms with van der Waals surface area (Å²) in [6.07, 6.45) is 2.98. The van der Waals surface area contributed by atoms with Gasteiger partial charge in [-0.25, -0.2) is 4.39 Å². The lowest BCUT2D eigenvalue weighted by Gasteiger charge is -2.04. The second kappa shape index (κ2) is 7.06. The first-order chi connectivity index (χ1) is 9.74. The van der Waals surface area contributed by atoms with Crippen molar-refractivity contribution in [1.82, 2.24) is 5.32 Å². The van der Waals surface area contributed by atoms with E-state index in [4.69, 9.17) is 4.42 Å². The molecule has 1 aromatic heterocycles. The maximum Gasteiger partial charge on any atom is 0.137 e. The number of hydrogen-bond donors (Lipinski definition) is 1. The Labute approximate surface area is 119 Å². The minimum atomic E-state index is -0.263. The van der Waals surface area contributed by atoms with Gasteiger partial charge < -0.3 is 9.73 Å². The molecular formula is C17H20FNO. The van der Waals surface area contributed by atoms with Gasteiger partial charge in [-0.15, -0.1) is 0 Å². The molecule has 0 aliphatic heterocycles. The van der Waals surface area contributed by atoms with Crippen molar-refractivity contribution in [3.8, 4) is 11.3 Å². The van der Waals surface area contributed by atoms with Crippen LogP contribution in [0.5, 0.6) is 0 Å². The van der Waals surface area contributed by atoms with Crippen LogP contribution in [0.1, 0.15) is 26.0 Å². The van der Waals surface area contributed by atoms with Crippen LogP contribution in [-0.2, 0) is 0 Å². The second-order valence-electron chi connectivity index (χ2n) is 4.62. The fourth-order valence-electron chi connectivity index (χ4n) is 2.00. The average Bonchev–Trinajstić information content (AvgIpc) is 2.92. The van der Waals surface area contributed by atoms with Crippen LogP contribution < -0.4 is 5.32 Å². The molecule has 2 nitrogen and oxygen atoms in total. The fourth-order valence-corrected chi connectivity index (χ4v) is 2.00. The van der Waals surface area contributed by atoms with E-state index in [1.54, 1.807) is 18.2 Å². The Balaban J connectivity index is 2.20. The SMILES string of the molecule is CCNCC(=Cc1ccc(-c2ccccc2F)o1)CC. The number of furan rings is 1. The Morgan fingerprint density at radius 2 is 2.00 bits per heavy atom. The first kappa shape index (κ1) is 14.5. The largest absolute Gasteiger partial charge is 0.457 e. The molecule has 0 unspecified atom stereocenters. The minimum Gasteiger partial charge on any atom is -0.457 e. The number of hydrogen-bond acceptors (Lipinski definition) is 2. The molecule has 0 saturated heterocycles. The topological polar surface area (TPSA) is 25.2 Å². The molecule has 1 aromatic carbocycles. The van der Waals surface area contributed by atoms with Gasteiger partial charge in [-0.2, -0.15) is 0 Å². The highest BCUT2D eigenvalue weighted by atomic mass is 19.1. The highest BCUT2D eigenvalue weighted by molar-refractivity contribution is 5.61. The standard InChI is InChI=1S/C17H20FNO/c1-3-13(12-19-4-2)11-14-9-10-17(20-14)15-7-5-6-8-16(15)18/h5-11,19H,3-4,12H2,1-2H3. The van der Waals surface area contributed by atoms with Gasteiger partial charge in [-0.05, 0) is 43.3 Å². The third-order valence-electron chi connectivity index (χ3n) is 3.17. The van der Waals surface area contributed by atoms with Crippen LogP contribution in [0, 0.1) is 5.82 Å². The summed E-state index contributed by atoms with van der Waals surface area (Å²) < 4.78 is 19.4. The van der Waals surface area contributed by atoms with Crippen LogP contribution in [0.2, 0.25) is 0 Å². The van der Waals surface area contributed by atoms with E-state index in [2.05, 4.69) is 19.2 Å². The summed E-state index contributed by atoms with van der Waals surface area (Å²) in [5.74, 6) is 1.06. The van der Waals surface area contributed by atoms with Crippen molar-refractivity contribution >= 4 is 6.08 Å². The van der Waals surface area contributed by atoms with E-state index in [0.717, 1.165) is 25.3 Å². The molecule has 0 atom stereocenters. The Morgan fingerprint density at radius 3 is 2.70 bits per heavy atom. The molecule has 0 spiro atoms. The number of benzene rings is 1. The Bertz CT molecular complexity index is 586. The van der Waals surface area contributed by atoms with Crippen LogP contribution >= 0.6 is 0 Å². The number of halogens is 1. The molecule has 2 rings (SSSR count). The number of rotatable bonds is 6. The summed E-state index contributed by atoms with van der Waals surface area (Å²) >= 11 is 0. The van der Waals surface area contributed by atoms with E-state index in [0.29, 0.717) is 11.3 Å². The lowest BCUT2D eigenvalue weighted by molar-refractivity contribution is 0.560. The molecule has 2 aromatic rings. The van der Waals surface area contributed by atoms with Gasteiger partial charge in [0, 0.05) is 6.54 Å². The summed E-state index contributed by atoms with van der Waals surface area (Å²) in [5.41, 5.74) is 1.76. The van der Waals surface area contributed by atoms with Crippen LogP contribution in [0.25, 0.3) is 17.4 Å². The Kier molecular flexibility index (Phi) is 5.13. The molecule has 0 amide bonds. The van der Waals surface area contributed by atoms with E-state index in [1.807, 2.05) is 18.2 Å². The quantitative estimate of drug-likeness (QED) is 0.839. The first-order valence-corrected chi connectivity index (χ1v) is 6.99. The zero-order chi connectivity index (χ0) is 14.4. The maximum atomic E-state index is 13.7. The van der Waals surface area contributed by atoms with Gasteiger partial charge in [0.05, 0.1) is 5.56 Å². The molecule has 0 bridgehead atoms. The molecule has 0 aliphatic carbocycles. The molecular weight excluding hydrogens is 253 g/mol. The second-order valence-corrected chi connectivity index (χ2v) is 4.62. The normalized spacial score (nSPS) is 11.8. The summed E-state index contributed by atoms with van der Waals surface area (Å²) in [6, 6.07) is 10.3. The molecule has 1 N–H and O–H groups in total. The molecule has 0 aliphatic rings. The van der Waals surface area contributed by atoms with Crippen LogP contribution in [0.15, 0.2) is 46.4 Å². The molecule has 106 valence electrons. The lowest BCUT2D eigenvalue weighted by Crippen LogP contribution is -2.15. The van der Waals surface area contributed by atoms with E-state index in [-0.39, 0.29) is 5.82 Å². The monoisotopic (exact) mass is 273 g/mol. The van der Waals surface area contributed by atoms with Gasteiger partial charge in [0.25, 0.3) is 0 Å². The van der Waals surface area contributed by atoms with Crippen molar-refractivity contribution in [2.45, 2.75) is 20.3 Å². The third-order valence-corrected chi connectivity index (χ3v) is 3.17. The first-order valence-electron chi connectivity index (χ1n) is 6.99. The van der Waals surface area contributed by atoms with Crippen LogP contribution in [0.3, 0.4) is 0 Å². The highest BCUT2D eigenvalue weighted by Gasteiger charge is 2.08. The third kappa shape index (κ3) is 3.58. The average molecular weight is 273 g/mol. The van der Waals surface area contributed by atoms with Crippen LogP contribution in [-0.4, -0.2) is 13.1 Å². The summed E-state index contributed by atoms with van der Waals surface area (Å²) in [5, 5.41) is 3.30. The smallest absolute Gasteiger partial charge is 0.137 e. The summed E-state index contributed by atoms with van der Waals surface area (Å²) in [7, 11) is 0. The van der Waals surface area contributed by atoms with Gasteiger partial charge in [0.1, 0.15) is 17.3 Å². The predicted molar refractivity (Wildman–Crippen MR) is 80.9 cm³/mol. The van der Waals surface area contributed by atoms with E-state index in [1.165, 1.54) is 11.6 Å². The molecule has 0 saturated carbocycles. The molecule has 20 heavy (non-hydrogen) atoms. The van der Waals surface area contributed by atoms with Crippen molar-refractivity contribution < 1.29 is 8.81 Å². The van der Waals surface area contributed by atoms with Crippen molar-refractivity contribution in [1.29, 1.82) is 0 Å². The molecule has 0 radical (unpaired) electrons. The van der Waals surface area contributed by atoms with Crippen molar-refractivity contribution in [2.24, 2.45) is 0 Å². The minimum absolute atomic E-state index is 0.263. The van der Waals surface area contributed by atoms with Crippen molar-refractivity contribution in [3.05, 3.63) is 53.5 Å². The van der Waals surface area contributed by atoms with Gasteiger partial charge in [-0.3, -0.25) is 0 Å². The van der Waals surface area contributed by atoms with Gasteiger partial charge in [0.15, 0.2) is 0 Å². The van der Waals surface area contributed by atoms with Crippen LogP contribution in [0.4, 0.5) is 4.39 Å². The Morgan fingerprint density at radius 1 is 1.20 bits per heavy atom. The molecule has 1 heterocycles. The molecule has 0 fully saturated rings. The predicted octanol–water partition coefficient (Wildman–Crippen LogP) is 4.49. The van der Waals surface area contributed by atoms with Gasteiger partial charge in [0.2, 0.25) is 0 Å². The Hall–Kier alpha value is -1.87. The maximum absolute atomic E-state index is 13.7. The fraction of sp³-hybridized carbons (Fsp3) is 0.294. The zero-order valence-electron chi connectivity index (χ0n) is 11.9. The van der Waals surface area contributed by atoms with E-state index in [9.17, 15) is 4.39 Å². The molecule has 3 heteroatoms. The summed E-state index contributed by atoms with van der Waals surface area (Å²) in [6.45, 7) is 5.99. The van der Waals surface area contributed by atoms with Crippen molar-refractivity contribution in [2.75, 3.05) is 13.1 Å². The summed E-state index contributed by atoms with van der Waals surface area (Å²) in [4.78, 5) is 0. The number of nitrogens with one attached hydrogen (secondary N) is 1. The van der Waals surface area contributed by atoms with Crippen molar-refractivity contribution in [3.63, 3.8) is 0 Å². The highest BCUT2D eigenvalue weighted by Crippen LogP contribution is 2.25. The van der Waals surface area contributed by atoms with E-state index < -0.39 is 0 Å². The van der Waals surface area contributed by atoms with Gasteiger partial charge in [-0.1, -0.05) is 31.6 Å².